The molecule has 15 heteroatoms. The second-order valence-electron chi connectivity index (χ2n) is 18.5. The Morgan fingerprint density at radius 2 is 1.52 bits per heavy atom. The number of carbonyl (C=O) groups excluding carboxylic acids is 3. The lowest BCUT2D eigenvalue weighted by atomic mass is 9.57. The maximum absolute atomic E-state index is 14.4. The summed E-state index contributed by atoms with van der Waals surface area (Å²) in [4.78, 5) is 42.5. The van der Waals surface area contributed by atoms with E-state index in [2.05, 4.69) is 0 Å². The minimum atomic E-state index is -2.21. The number of Topliss-reactive ketones (excluding diaryl/α,β-unsaturated/α-hetero) is 2. The van der Waals surface area contributed by atoms with E-state index >= 15 is 0 Å². The Bertz CT molecular complexity index is 1870. The number of carbonyl (C=O) groups is 3. The van der Waals surface area contributed by atoms with E-state index in [-0.39, 0.29) is 36.4 Å². The largest absolute Gasteiger partial charge is 0.442 e. The second-order valence-corrected chi connectivity index (χ2v) is 18.5. The molecule has 15 nitrogen and oxygen atoms in total. The van der Waals surface area contributed by atoms with E-state index in [0.29, 0.717) is 17.7 Å². The van der Waals surface area contributed by atoms with E-state index in [0.717, 1.165) is 12.8 Å². The SMILES string of the molecule is C/C=C/C1=CC2=CC3=C(C(=O)CCCCC)C(=O)OC3(C)C(=O)C2=CN1C1[C@](C)(O)[C@](C)(COC[C@]2(C)OC(C)(CO)[C@@](C)(O)[C@@](C)(O)C2N)C(C)(CO)O[C@@]1(C)O. The molecule has 0 amide bonds. The number of hydrogen-bond donors (Lipinski definition) is 7. The molecule has 0 aromatic heterocycles. The maximum atomic E-state index is 14.4. The Morgan fingerprint density at radius 3 is 2.09 bits per heavy atom. The fraction of sp³-hybridized carbons (Fsp3) is 0.698. The average Bonchev–Trinajstić information content (AvgIpc) is 3.39. The minimum absolute atomic E-state index is 0.0956. The molecule has 324 valence electrons. The smallest absolute Gasteiger partial charge is 0.343 e. The summed E-state index contributed by atoms with van der Waals surface area (Å²) in [5.41, 5.74) is -6.73. The van der Waals surface area contributed by atoms with Gasteiger partial charge in [-0.05, 0) is 92.5 Å². The summed E-state index contributed by atoms with van der Waals surface area (Å²) in [6.07, 6.45) is 10.6. The summed E-state index contributed by atoms with van der Waals surface area (Å²) in [6.45, 7) is 14.9. The quantitative estimate of drug-likeness (QED) is 0.0799. The first-order chi connectivity index (χ1) is 26.6. The van der Waals surface area contributed by atoms with Gasteiger partial charge in [-0.1, -0.05) is 32.8 Å². The molecule has 0 spiro atoms. The average molecular weight is 817 g/mol. The predicted molar refractivity (Wildman–Crippen MR) is 211 cm³/mol. The molecule has 58 heavy (non-hydrogen) atoms. The molecule has 4 aliphatic heterocycles. The first-order valence-corrected chi connectivity index (χ1v) is 20.0. The molecular formula is C43H64N2O13. The van der Waals surface area contributed by atoms with E-state index in [1.807, 2.05) is 6.92 Å². The number of ketones is 2. The molecule has 5 rings (SSSR count). The van der Waals surface area contributed by atoms with Gasteiger partial charge in [-0.15, -0.1) is 0 Å². The number of rotatable bonds is 13. The summed E-state index contributed by atoms with van der Waals surface area (Å²) in [7, 11) is 0. The van der Waals surface area contributed by atoms with Crippen molar-refractivity contribution in [3.05, 3.63) is 58.5 Å². The van der Waals surface area contributed by atoms with Crippen molar-refractivity contribution in [2.45, 2.75) is 159 Å². The van der Waals surface area contributed by atoms with Crippen molar-refractivity contribution in [2.75, 3.05) is 26.4 Å². The van der Waals surface area contributed by atoms with Crippen molar-refractivity contribution < 1.29 is 64.0 Å². The lowest BCUT2D eigenvalue weighted by molar-refractivity contribution is -0.398. The van der Waals surface area contributed by atoms with Gasteiger partial charge in [0.25, 0.3) is 0 Å². The molecule has 11 atom stereocenters. The maximum Gasteiger partial charge on any atom is 0.343 e. The van der Waals surface area contributed by atoms with Crippen LogP contribution in [0, 0.1) is 5.41 Å². The van der Waals surface area contributed by atoms with Gasteiger partial charge in [0.05, 0.1) is 43.5 Å². The Hall–Kier alpha value is -3.09. The fourth-order valence-corrected chi connectivity index (χ4v) is 9.68. The summed E-state index contributed by atoms with van der Waals surface area (Å²) in [5, 5.41) is 69.2. The molecule has 2 fully saturated rings. The molecule has 5 aliphatic rings. The van der Waals surface area contributed by atoms with Gasteiger partial charge < -0.3 is 60.2 Å². The van der Waals surface area contributed by atoms with Crippen LogP contribution in [0.3, 0.4) is 0 Å². The third-order valence-electron chi connectivity index (χ3n) is 14.2. The third-order valence-corrected chi connectivity index (χ3v) is 14.2. The van der Waals surface area contributed by atoms with E-state index in [4.69, 9.17) is 24.7 Å². The van der Waals surface area contributed by atoms with Crippen LogP contribution in [0.5, 0.6) is 0 Å². The molecule has 0 bridgehead atoms. The van der Waals surface area contributed by atoms with Crippen LogP contribution in [0.1, 0.15) is 102 Å². The zero-order valence-electron chi connectivity index (χ0n) is 35.8. The number of fused-ring (bicyclic) bond motifs is 2. The molecular weight excluding hydrogens is 752 g/mol. The van der Waals surface area contributed by atoms with Gasteiger partial charge in [0.15, 0.2) is 17.2 Å². The van der Waals surface area contributed by atoms with Gasteiger partial charge >= 0.3 is 5.97 Å². The van der Waals surface area contributed by atoms with Crippen LogP contribution in [0.25, 0.3) is 0 Å². The first kappa shape index (κ1) is 46.0. The number of nitrogens with two attached hydrogens (primary N) is 1. The molecule has 2 saturated heterocycles. The number of unbranched alkanes of at least 4 members (excludes halogenated alkanes) is 2. The van der Waals surface area contributed by atoms with Crippen molar-refractivity contribution in [3.8, 4) is 0 Å². The molecule has 0 aromatic carbocycles. The molecule has 1 aliphatic carbocycles. The van der Waals surface area contributed by atoms with E-state index < -0.39 is 93.2 Å². The molecule has 0 aromatic rings. The van der Waals surface area contributed by atoms with E-state index in [9.17, 15) is 45.0 Å². The van der Waals surface area contributed by atoms with Gasteiger partial charge in [-0.25, -0.2) is 4.79 Å². The highest BCUT2D eigenvalue weighted by molar-refractivity contribution is 6.25. The lowest BCUT2D eigenvalue weighted by Gasteiger charge is -2.65. The summed E-state index contributed by atoms with van der Waals surface area (Å²) in [6, 6.07) is -2.64. The monoisotopic (exact) mass is 816 g/mol. The molecule has 0 radical (unpaired) electrons. The highest BCUT2D eigenvalue weighted by Crippen LogP contribution is 2.57. The number of aliphatic hydroxyl groups excluding tert-OH is 2. The van der Waals surface area contributed by atoms with Crippen molar-refractivity contribution >= 4 is 17.5 Å². The molecule has 8 N–H and O–H groups in total. The van der Waals surface area contributed by atoms with Gasteiger partial charge in [0.1, 0.15) is 39.6 Å². The Balaban J connectivity index is 1.56. The summed E-state index contributed by atoms with van der Waals surface area (Å²) < 4.78 is 24.6. The number of aliphatic hydroxyl groups is 6. The van der Waals surface area contributed by atoms with Crippen molar-refractivity contribution in [2.24, 2.45) is 11.1 Å². The van der Waals surface area contributed by atoms with E-state index in [1.54, 1.807) is 45.1 Å². The Labute approximate surface area is 340 Å². The van der Waals surface area contributed by atoms with Crippen LogP contribution in [0.15, 0.2) is 58.5 Å². The van der Waals surface area contributed by atoms with Gasteiger partial charge in [-0.3, -0.25) is 9.59 Å². The molecule has 0 saturated carbocycles. The standard InChI is InChI=1S/C43H64N2O13/c1-12-14-15-17-29(48)30-28-19-25-18-26(16-13-2)45(20-27(25)31(49)39(28,7)56-32(30)50)34-41(9,52)36(4,37(5,21-46)58-42(34,10)53)24-55-23-35(3)33(44)40(8,51)43(11,54)38(6,22-47)57-35/h13,16,18-20,33-34,46-47,51-54H,12,14-15,17,21-24,44H2,1-11H3/b16-13+/t33?,34?,35-,36+,37?,38?,39?,40-,41-,42+,43+/m0/s1. The van der Waals surface area contributed by atoms with Crippen LogP contribution in [-0.2, 0) is 33.3 Å². The van der Waals surface area contributed by atoms with Crippen molar-refractivity contribution in [1.82, 2.24) is 4.90 Å². The predicted octanol–water partition coefficient (Wildman–Crippen LogP) is 1.92. The summed E-state index contributed by atoms with van der Waals surface area (Å²) in [5.74, 6) is -4.07. The minimum Gasteiger partial charge on any atom is -0.442 e. The van der Waals surface area contributed by atoms with Crippen LogP contribution >= 0.6 is 0 Å². The Morgan fingerprint density at radius 1 is 0.897 bits per heavy atom. The highest BCUT2D eigenvalue weighted by Gasteiger charge is 2.71. The lowest BCUT2D eigenvalue weighted by Crippen LogP contribution is -2.82. The zero-order valence-corrected chi connectivity index (χ0v) is 35.8. The van der Waals surface area contributed by atoms with Gasteiger partial charge in [-0.2, -0.15) is 0 Å². The molecule has 4 heterocycles. The van der Waals surface area contributed by atoms with Crippen molar-refractivity contribution in [3.63, 3.8) is 0 Å². The Kier molecular flexibility index (Phi) is 11.8. The van der Waals surface area contributed by atoms with E-state index in [1.165, 1.54) is 59.6 Å². The highest BCUT2D eigenvalue weighted by atomic mass is 16.7. The van der Waals surface area contributed by atoms with Crippen LogP contribution in [-0.4, -0.2) is 137 Å². The summed E-state index contributed by atoms with van der Waals surface area (Å²) >= 11 is 0. The fourth-order valence-electron chi connectivity index (χ4n) is 9.68. The zero-order chi connectivity index (χ0) is 43.9. The third kappa shape index (κ3) is 6.52. The van der Waals surface area contributed by atoms with Gasteiger partial charge in [0.2, 0.25) is 5.78 Å². The number of esters is 1. The van der Waals surface area contributed by atoms with Crippen molar-refractivity contribution in [1.29, 1.82) is 0 Å². The van der Waals surface area contributed by atoms with Crippen LogP contribution in [0.2, 0.25) is 0 Å². The first-order valence-electron chi connectivity index (χ1n) is 20.0. The van der Waals surface area contributed by atoms with Gasteiger partial charge in [0, 0.05) is 29.5 Å². The molecule has 5 unspecified atom stereocenters. The number of ether oxygens (including phenoxy) is 4. The second kappa shape index (κ2) is 14.8. The topological polar surface area (TPSA) is 239 Å². The van der Waals surface area contributed by atoms with Crippen LogP contribution < -0.4 is 5.73 Å². The number of allylic oxidation sites excluding steroid dienone is 4. The number of hydrogen-bond acceptors (Lipinski definition) is 15. The normalized spacial score (nSPS) is 44.2. The van der Waals surface area contributed by atoms with Crippen LogP contribution in [0.4, 0.5) is 0 Å². The number of nitrogens with zero attached hydrogens (tertiary/aromatic N) is 1.